The second-order valence-corrected chi connectivity index (χ2v) is 13.2. The topological polar surface area (TPSA) is 177 Å². The van der Waals surface area contributed by atoms with Gasteiger partial charge in [0.25, 0.3) is 5.91 Å². The lowest BCUT2D eigenvalue weighted by Gasteiger charge is -2.13. The number of carbonyl (C=O) groups is 2. The van der Waals surface area contributed by atoms with Gasteiger partial charge in [-0.25, -0.2) is 13.4 Å². The Morgan fingerprint density at radius 1 is 1.08 bits per heavy atom. The van der Waals surface area contributed by atoms with E-state index in [-0.39, 0.29) is 28.6 Å². The van der Waals surface area contributed by atoms with E-state index in [0.717, 1.165) is 42.3 Å². The number of hydrogen-bond donors (Lipinski definition) is 2. The normalized spacial score (nSPS) is 12.1. The molecule has 266 valence electrons. The quantitative estimate of drug-likeness (QED) is 0.0849. The lowest BCUT2D eigenvalue weighted by molar-refractivity contribution is -0.274. The molecule has 0 fully saturated rings. The van der Waals surface area contributed by atoms with Crippen LogP contribution < -0.4 is 15.5 Å². The molecule has 4 rings (SSSR count). The highest BCUT2D eigenvalue weighted by atomic mass is 32.2. The molecule has 1 heterocycles. The third-order valence-electron chi connectivity index (χ3n) is 7.04. The highest BCUT2D eigenvalue weighted by Crippen LogP contribution is 2.30. The van der Waals surface area contributed by atoms with Crippen molar-refractivity contribution in [2.24, 2.45) is 17.1 Å². The number of nitrogens with one attached hydrogen (secondary N) is 2. The van der Waals surface area contributed by atoms with Gasteiger partial charge in [0, 0.05) is 25.1 Å². The first-order chi connectivity index (χ1) is 24.0. The van der Waals surface area contributed by atoms with Gasteiger partial charge in [-0.05, 0) is 59.9 Å². The fourth-order valence-corrected chi connectivity index (χ4v) is 5.44. The molecule has 0 spiro atoms. The van der Waals surface area contributed by atoms with Gasteiger partial charge in [0.05, 0.1) is 11.9 Å². The van der Waals surface area contributed by atoms with Crippen molar-refractivity contribution in [2.75, 3.05) is 11.3 Å². The van der Waals surface area contributed by atoms with Crippen molar-refractivity contribution in [1.82, 2.24) is 15.2 Å². The molecule has 0 aliphatic rings. The number of anilines is 1. The molecule has 4 aromatic rings. The van der Waals surface area contributed by atoms with Crippen LogP contribution in [0.25, 0.3) is 11.3 Å². The van der Waals surface area contributed by atoms with Gasteiger partial charge in [-0.15, -0.1) is 13.2 Å². The van der Waals surface area contributed by atoms with Gasteiger partial charge in [0.1, 0.15) is 28.9 Å². The molecule has 0 unspecified atom stereocenters. The zero-order valence-electron chi connectivity index (χ0n) is 27.9. The molecule has 51 heavy (non-hydrogen) atoms. The number of esters is 1. The number of aryl methyl sites for hydroxylation is 2. The number of amidine groups is 1. The third-order valence-corrected chi connectivity index (χ3v) is 8.24. The molecule has 0 aliphatic heterocycles. The van der Waals surface area contributed by atoms with Gasteiger partial charge in [0.2, 0.25) is 15.0 Å². The Labute approximate surface area is 291 Å². The van der Waals surface area contributed by atoms with Gasteiger partial charge >= 0.3 is 12.3 Å². The highest BCUT2D eigenvalue weighted by Gasteiger charge is 2.31. The van der Waals surface area contributed by atoms with Crippen LogP contribution in [0, 0.1) is 18.3 Å². The van der Waals surface area contributed by atoms with E-state index in [0.29, 0.717) is 16.8 Å². The van der Waals surface area contributed by atoms with E-state index in [1.807, 2.05) is 39.0 Å². The zero-order chi connectivity index (χ0) is 37.5. The maximum atomic E-state index is 13.1. The smallest absolute Gasteiger partial charge is 0.449 e. The van der Waals surface area contributed by atoms with Gasteiger partial charge in [-0.3, -0.25) is 19.7 Å². The lowest BCUT2D eigenvalue weighted by atomic mass is 10.00. The van der Waals surface area contributed by atoms with Crippen molar-refractivity contribution in [3.8, 4) is 23.1 Å². The number of ether oxygens (including phenoxy) is 2. The average molecular weight is 724 g/mol. The number of alkyl halides is 3. The van der Waals surface area contributed by atoms with Gasteiger partial charge in [-0.1, -0.05) is 50.2 Å². The van der Waals surface area contributed by atoms with Crippen LogP contribution in [-0.4, -0.2) is 53.8 Å². The summed E-state index contributed by atoms with van der Waals surface area (Å²) in [6.45, 7) is 6.81. The summed E-state index contributed by atoms with van der Waals surface area (Å²) < 4.78 is 73.4. The summed E-state index contributed by atoms with van der Waals surface area (Å²) in [7, 11) is -2.75. The summed E-state index contributed by atoms with van der Waals surface area (Å²) >= 11 is 0. The van der Waals surface area contributed by atoms with Crippen LogP contribution >= 0.6 is 0 Å². The molecule has 0 aliphatic carbocycles. The van der Waals surface area contributed by atoms with Crippen LogP contribution in [0.2, 0.25) is 0 Å². The highest BCUT2D eigenvalue weighted by molar-refractivity contribution is 8.06. The Hall–Kier alpha value is -6.02. The fraction of sp³-hybridized carbons (Fsp3) is 0.235. The molecule has 1 aromatic heterocycles. The second-order valence-electron chi connectivity index (χ2n) is 11.3. The van der Waals surface area contributed by atoms with Crippen LogP contribution in [0.1, 0.15) is 59.3 Å². The van der Waals surface area contributed by atoms with Crippen molar-refractivity contribution >= 4 is 44.6 Å². The van der Waals surface area contributed by atoms with Gasteiger partial charge < -0.3 is 14.8 Å². The SMILES string of the molecule is CC(=O)OCS(=O)(=O)C(=Nc1cc(C)ccc1C(C)C)N/N=C/c1ccc(-c2nn(C)c(NC(=O)c3ccc(OC(F)(F)F)cc3)c2C#N)cc1. The molecule has 0 radical (unpaired) electrons. The summed E-state index contributed by atoms with van der Waals surface area (Å²) in [5.41, 5.74) is 5.82. The van der Waals surface area contributed by atoms with E-state index < -0.39 is 44.9 Å². The summed E-state index contributed by atoms with van der Waals surface area (Å²) in [5.74, 6) is -2.84. The number of nitrogens with zero attached hydrogens (tertiary/aromatic N) is 5. The first kappa shape index (κ1) is 37.8. The van der Waals surface area contributed by atoms with Crippen molar-refractivity contribution < 1.29 is 40.7 Å². The largest absolute Gasteiger partial charge is 0.573 e. The number of rotatable bonds is 10. The summed E-state index contributed by atoms with van der Waals surface area (Å²) in [6, 6.07) is 18.3. The molecule has 1 amide bonds. The molecule has 0 atom stereocenters. The van der Waals surface area contributed by atoms with Crippen LogP contribution in [0.3, 0.4) is 0 Å². The molecule has 13 nitrogen and oxygen atoms in total. The van der Waals surface area contributed by atoms with E-state index in [1.165, 1.54) is 17.9 Å². The van der Waals surface area contributed by atoms with Crippen molar-refractivity contribution in [3.05, 3.63) is 94.5 Å². The minimum absolute atomic E-state index is 0.0139. The number of aliphatic imine (C=N–C) groups is 1. The van der Waals surface area contributed by atoms with Crippen LogP contribution in [-0.2, 0) is 26.4 Å². The number of halogens is 3. The Bertz CT molecular complexity index is 2140. The molecule has 0 saturated heterocycles. The lowest BCUT2D eigenvalue weighted by Crippen LogP contribution is -2.31. The van der Waals surface area contributed by atoms with Crippen molar-refractivity contribution in [1.29, 1.82) is 5.26 Å². The number of benzene rings is 3. The summed E-state index contributed by atoms with van der Waals surface area (Å²) in [4.78, 5) is 28.6. The maximum Gasteiger partial charge on any atom is 0.573 e. The van der Waals surface area contributed by atoms with Crippen molar-refractivity contribution in [3.63, 3.8) is 0 Å². The molecule has 2 N–H and O–H groups in total. The maximum absolute atomic E-state index is 13.1. The number of hydrogen-bond acceptors (Lipinski definition) is 10. The average Bonchev–Trinajstić information content (AvgIpc) is 3.37. The minimum Gasteiger partial charge on any atom is -0.449 e. The number of carbonyl (C=O) groups excluding carboxylic acids is 2. The second kappa shape index (κ2) is 15.7. The van der Waals surface area contributed by atoms with E-state index in [4.69, 9.17) is 4.74 Å². The standard InChI is InChI=1S/C34H32F3N7O6S/c1-20(2)27-15-6-21(3)16-29(27)40-33(51(47,48)19-49-22(4)45)42-39-18-23-7-9-24(10-8-23)30-28(17-38)31(44(5)43-30)41-32(46)25-11-13-26(14-12-25)50-34(35,36)37/h6-16,18,20H,19H2,1-5H3,(H,40,42)(H,41,46)/b39-18+. The Balaban J connectivity index is 1.55. The monoisotopic (exact) mass is 723 g/mol. The predicted molar refractivity (Wildman–Crippen MR) is 183 cm³/mol. The van der Waals surface area contributed by atoms with Gasteiger partial charge in [0.15, 0.2) is 5.94 Å². The van der Waals surface area contributed by atoms with E-state index in [1.54, 1.807) is 30.3 Å². The number of amides is 1. The molecule has 17 heteroatoms. The molecule has 0 saturated carbocycles. The Morgan fingerprint density at radius 2 is 1.75 bits per heavy atom. The van der Waals surface area contributed by atoms with E-state index in [2.05, 4.69) is 30.7 Å². The third kappa shape index (κ3) is 10.0. The molecular formula is C34H32F3N7O6S. The van der Waals surface area contributed by atoms with Crippen LogP contribution in [0.15, 0.2) is 76.8 Å². The first-order valence-electron chi connectivity index (χ1n) is 15.1. The van der Waals surface area contributed by atoms with Crippen molar-refractivity contribution in [2.45, 2.75) is 40.0 Å². The fourth-order valence-electron chi connectivity index (χ4n) is 4.58. The van der Waals surface area contributed by atoms with Gasteiger partial charge in [-0.2, -0.15) is 15.5 Å². The molecule has 0 bridgehead atoms. The minimum atomic E-state index is -4.88. The van der Waals surface area contributed by atoms with E-state index in [9.17, 15) is 36.4 Å². The molecular weight excluding hydrogens is 691 g/mol. The molecule has 3 aromatic carbocycles. The Morgan fingerprint density at radius 3 is 2.33 bits per heavy atom. The van der Waals surface area contributed by atoms with E-state index >= 15 is 0 Å². The summed E-state index contributed by atoms with van der Waals surface area (Å²) in [6.07, 6.45) is -3.55. The van der Waals surface area contributed by atoms with Crippen LogP contribution in [0.4, 0.5) is 24.7 Å². The Kier molecular flexibility index (Phi) is 11.6. The number of hydrazone groups is 1. The number of nitriles is 1. The number of aromatic nitrogens is 2. The van der Waals surface area contributed by atoms with Crippen LogP contribution in [0.5, 0.6) is 5.75 Å². The zero-order valence-corrected chi connectivity index (χ0v) is 28.8. The predicted octanol–water partition coefficient (Wildman–Crippen LogP) is 6.09. The number of sulfone groups is 1. The first-order valence-corrected chi connectivity index (χ1v) is 16.7. The summed E-state index contributed by atoms with van der Waals surface area (Å²) in [5, 5.41) is 20.4.